The molecule has 0 N–H and O–H groups in total. The maximum atomic E-state index is 4.76. The van der Waals surface area contributed by atoms with Crippen LogP contribution in [0.4, 0.5) is 0 Å². The lowest BCUT2D eigenvalue weighted by atomic mass is 10.2. The molecule has 1 aromatic heterocycles. The fourth-order valence-electron chi connectivity index (χ4n) is 2.42. The Kier molecular flexibility index (Phi) is 5.60. The summed E-state index contributed by atoms with van der Waals surface area (Å²) in [5, 5.41) is 3.28. The molecule has 0 unspecified atom stereocenters. The zero-order chi connectivity index (χ0) is 16.1. The molecule has 0 saturated carbocycles. The Morgan fingerprint density at radius 2 is 1.78 bits per heavy atom. The van der Waals surface area contributed by atoms with Crippen molar-refractivity contribution in [1.82, 2.24) is 9.88 Å². The number of hydrogen-bond donors (Lipinski definition) is 0. The number of nitrogens with zero attached hydrogens (tertiary/aromatic N) is 2. The van der Waals surface area contributed by atoms with Crippen LogP contribution in [0.15, 0.2) is 64.5 Å². The quantitative estimate of drug-likeness (QED) is 0.575. The van der Waals surface area contributed by atoms with E-state index in [2.05, 4.69) is 81.8 Å². The lowest BCUT2D eigenvalue weighted by Crippen LogP contribution is -2.20. The average molecular weight is 387 g/mol. The van der Waals surface area contributed by atoms with Crippen LogP contribution in [0.25, 0.3) is 10.6 Å². The van der Waals surface area contributed by atoms with Gasteiger partial charge in [0.1, 0.15) is 5.01 Å². The van der Waals surface area contributed by atoms with E-state index in [-0.39, 0.29) is 0 Å². The van der Waals surface area contributed by atoms with E-state index < -0.39 is 0 Å². The SMILES string of the molecule is CN(CCc1csc(-c2ccccc2)n1)Cc1ccc(Br)cc1. The Hall–Kier alpha value is -1.49. The van der Waals surface area contributed by atoms with E-state index in [1.165, 1.54) is 16.8 Å². The molecule has 0 radical (unpaired) electrons. The monoisotopic (exact) mass is 386 g/mol. The molecular formula is C19H19BrN2S. The minimum Gasteiger partial charge on any atom is -0.302 e. The predicted molar refractivity (Wildman–Crippen MR) is 102 cm³/mol. The average Bonchev–Trinajstić information content (AvgIpc) is 3.05. The maximum Gasteiger partial charge on any atom is 0.123 e. The van der Waals surface area contributed by atoms with Gasteiger partial charge in [-0.25, -0.2) is 4.98 Å². The second-order valence-electron chi connectivity index (χ2n) is 5.62. The van der Waals surface area contributed by atoms with Crippen molar-refractivity contribution in [3.05, 3.63) is 75.7 Å². The first-order chi connectivity index (χ1) is 11.2. The van der Waals surface area contributed by atoms with E-state index in [1.807, 2.05) is 6.07 Å². The van der Waals surface area contributed by atoms with Gasteiger partial charge in [-0.1, -0.05) is 58.4 Å². The molecular weight excluding hydrogens is 368 g/mol. The topological polar surface area (TPSA) is 16.1 Å². The van der Waals surface area contributed by atoms with Crippen LogP contribution in [-0.2, 0) is 13.0 Å². The number of rotatable bonds is 6. The van der Waals surface area contributed by atoms with Crippen LogP contribution < -0.4 is 0 Å². The van der Waals surface area contributed by atoms with Crippen molar-refractivity contribution in [2.75, 3.05) is 13.6 Å². The van der Waals surface area contributed by atoms with Gasteiger partial charge in [-0.05, 0) is 24.7 Å². The van der Waals surface area contributed by atoms with Crippen LogP contribution in [0.5, 0.6) is 0 Å². The fraction of sp³-hybridized carbons (Fsp3) is 0.211. The Bertz CT molecular complexity index is 738. The van der Waals surface area contributed by atoms with E-state index in [0.29, 0.717) is 0 Å². The van der Waals surface area contributed by atoms with Gasteiger partial charge in [0.25, 0.3) is 0 Å². The van der Waals surface area contributed by atoms with Gasteiger partial charge < -0.3 is 4.90 Å². The van der Waals surface area contributed by atoms with Crippen molar-refractivity contribution in [3.8, 4) is 10.6 Å². The molecule has 0 fully saturated rings. The molecule has 0 spiro atoms. The first kappa shape index (κ1) is 16.4. The number of halogens is 1. The van der Waals surface area contributed by atoms with Crippen molar-refractivity contribution in [2.24, 2.45) is 0 Å². The molecule has 0 amide bonds. The maximum absolute atomic E-state index is 4.76. The Morgan fingerprint density at radius 1 is 1.04 bits per heavy atom. The molecule has 0 aliphatic heterocycles. The third-order valence-electron chi connectivity index (χ3n) is 3.69. The summed E-state index contributed by atoms with van der Waals surface area (Å²) in [7, 11) is 2.16. The van der Waals surface area contributed by atoms with E-state index in [9.17, 15) is 0 Å². The van der Waals surface area contributed by atoms with Crippen LogP contribution in [-0.4, -0.2) is 23.5 Å². The summed E-state index contributed by atoms with van der Waals surface area (Å²) in [5.41, 5.74) is 3.71. The first-order valence-electron chi connectivity index (χ1n) is 7.63. The molecule has 0 aliphatic carbocycles. The van der Waals surface area contributed by atoms with Crippen molar-refractivity contribution in [3.63, 3.8) is 0 Å². The Labute approximate surface area is 149 Å². The second kappa shape index (κ2) is 7.86. The van der Waals surface area contributed by atoms with Gasteiger partial charge in [-0.15, -0.1) is 11.3 Å². The third kappa shape index (κ3) is 4.74. The molecule has 3 aromatic rings. The van der Waals surface area contributed by atoms with Gasteiger partial charge in [0.15, 0.2) is 0 Å². The molecule has 0 bridgehead atoms. The Balaban J connectivity index is 1.54. The smallest absolute Gasteiger partial charge is 0.123 e. The van der Waals surface area contributed by atoms with Crippen LogP contribution in [0.3, 0.4) is 0 Å². The van der Waals surface area contributed by atoms with Crippen molar-refractivity contribution in [1.29, 1.82) is 0 Å². The van der Waals surface area contributed by atoms with Crippen LogP contribution in [0, 0.1) is 0 Å². The zero-order valence-corrected chi connectivity index (χ0v) is 15.5. The molecule has 0 aliphatic rings. The van der Waals surface area contributed by atoms with Gasteiger partial charge in [0.2, 0.25) is 0 Å². The highest BCUT2D eigenvalue weighted by Gasteiger charge is 2.06. The lowest BCUT2D eigenvalue weighted by molar-refractivity contribution is 0.330. The summed E-state index contributed by atoms with van der Waals surface area (Å²) in [5.74, 6) is 0. The number of thiazole rings is 1. The molecule has 4 heteroatoms. The predicted octanol–water partition coefficient (Wildman–Crippen LogP) is 5.25. The Morgan fingerprint density at radius 3 is 2.52 bits per heavy atom. The fourth-order valence-corrected chi connectivity index (χ4v) is 3.55. The number of likely N-dealkylation sites (N-methyl/N-ethyl adjacent to an activating group) is 1. The largest absolute Gasteiger partial charge is 0.302 e. The van der Waals surface area contributed by atoms with E-state index >= 15 is 0 Å². The summed E-state index contributed by atoms with van der Waals surface area (Å²) in [6, 6.07) is 18.9. The normalized spacial score (nSPS) is 11.1. The molecule has 2 nitrogen and oxygen atoms in total. The molecule has 1 heterocycles. The molecule has 0 atom stereocenters. The van der Waals surface area contributed by atoms with Gasteiger partial charge in [0, 0.05) is 34.9 Å². The molecule has 3 rings (SSSR count). The first-order valence-corrected chi connectivity index (χ1v) is 9.31. The summed E-state index contributed by atoms with van der Waals surface area (Å²) in [6.07, 6.45) is 0.983. The van der Waals surface area contributed by atoms with Crippen molar-refractivity contribution in [2.45, 2.75) is 13.0 Å². The summed E-state index contributed by atoms with van der Waals surface area (Å²) >= 11 is 5.20. The van der Waals surface area contributed by atoms with Crippen molar-refractivity contribution < 1.29 is 0 Å². The summed E-state index contributed by atoms with van der Waals surface area (Å²) in [6.45, 7) is 1.97. The molecule has 0 saturated heterocycles. The van der Waals surface area contributed by atoms with Gasteiger partial charge in [0.05, 0.1) is 5.69 Å². The van der Waals surface area contributed by atoms with Crippen molar-refractivity contribution >= 4 is 27.3 Å². The third-order valence-corrected chi connectivity index (χ3v) is 5.16. The van der Waals surface area contributed by atoms with Gasteiger partial charge >= 0.3 is 0 Å². The highest BCUT2D eigenvalue weighted by Crippen LogP contribution is 2.23. The number of benzene rings is 2. The van der Waals surface area contributed by atoms with E-state index in [0.717, 1.165) is 29.0 Å². The highest BCUT2D eigenvalue weighted by molar-refractivity contribution is 9.10. The van der Waals surface area contributed by atoms with Crippen LogP contribution >= 0.6 is 27.3 Å². The highest BCUT2D eigenvalue weighted by atomic mass is 79.9. The number of hydrogen-bond acceptors (Lipinski definition) is 3. The lowest BCUT2D eigenvalue weighted by Gasteiger charge is -2.16. The van der Waals surface area contributed by atoms with E-state index in [1.54, 1.807) is 11.3 Å². The number of aromatic nitrogens is 1. The van der Waals surface area contributed by atoms with Gasteiger partial charge in [-0.2, -0.15) is 0 Å². The zero-order valence-electron chi connectivity index (χ0n) is 13.1. The van der Waals surface area contributed by atoms with Crippen LogP contribution in [0.1, 0.15) is 11.3 Å². The van der Waals surface area contributed by atoms with Crippen LogP contribution in [0.2, 0.25) is 0 Å². The second-order valence-corrected chi connectivity index (χ2v) is 7.40. The standard InChI is InChI=1S/C19H19BrN2S/c1-22(13-15-7-9-17(20)10-8-15)12-11-18-14-23-19(21-18)16-5-3-2-4-6-16/h2-10,14H,11-13H2,1H3. The summed E-state index contributed by atoms with van der Waals surface area (Å²) < 4.78 is 1.12. The molecule has 23 heavy (non-hydrogen) atoms. The van der Waals surface area contributed by atoms with E-state index in [4.69, 9.17) is 4.98 Å². The minimum atomic E-state index is 0.961. The minimum absolute atomic E-state index is 0.961. The summed E-state index contributed by atoms with van der Waals surface area (Å²) in [4.78, 5) is 7.09. The molecule has 118 valence electrons. The molecule has 2 aromatic carbocycles. The van der Waals surface area contributed by atoms with Gasteiger partial charge in [-0.3, -0.25) is 0 Å².